The molecule has 0 saturated carbocycles. The number of hydrogen-bond donors (Lipinski definition) is 2. The first-order chi connectivity index (χ1) is 16.3. The number of anilines is 2. The Morgan fingerprint density at radius 2 is 1.94 bits per heavy atom. The van der Waals surface area contributed by atoms with Gasteiger partial charge in [-0.1, -0.05) is 29.8 Å². The van der Waals surface area contributed by atoms with Gasteiger partial charge < -0.3 is 15.8 Å². The molecule has 0 spiro atoms. The maximum Gasteiger partial charge on any atom is 0.342 e. The third-order valence-electron chi connectivity index (χ3n) is 5.88. The topological polar surface area (TPSA) is 94.3 Å². The van der Waals surface area contributed by atoms with Crippen molar-refractivity contribution >= 4 is 55.5 Å². The minimum absolute atomic E-state index is 0.284. The Balaban J connectivity index is 1.51. The molecule has 4 aromatic rings. The molecule has 0 fully saturated rings. The van der Waals surface area contributed by atoms with E-state index in [1.807, 2.05) is 36.6 Å². The zero-order chi connectivity index (χ0) is 24.0. The number of nitrogen functional groups attached to an aromatic ring is 1. The van der Waals surface area contributed by atoms with E-state index in [9.17, 15) is 9.59 Å². The molecule has 0 radical (unpaired) electrons. The number of nitrogens with two attached hydrogens (primary N) is 1. The number of amides is 1. The van der Waals surface area contributed by atoms with E-state index in [2.05, 4.69) is 11.4 Å². The minimum atomic E-state index is -0.468. The number of carbonyl (C=O) groups excluding carboxylic acids is 2. The zero-order valence-corrected chi connectivity index (χ0v) is 20.9. The molecule has 0 unspecified atom stereocenters. The number of fused-ring (bicyclic) bond motifs is 2. The van der Waals surface area contributed by atoms with Crippen molar-refractivity contribution in [3.8, 4) is 11.1 Å². The molecule has 1 amide bonds. The highest BCUT2D eigenvalue weighted by Crippen LogP contribution is 2.39. The average molecular weight is 492 g/mol. The minimum Gasteiger partial charge on any atom is -0.459 e. The maximum atomic E-state index is 13.3. The van der Waals surface area contributed by atoms with Gasteiger partial charge in [0.2, 0.25) is 0 Å². The lowest BCUT2D eigenvalue weighted by molar-refractivity contribution is 0.0380. The van der Waals surface area contributed by atoms with Crippen LogP contribution < -0.4 is 11.1 Å². The molecule has 3 heterocycles. The van der Waals surface area contributed by atoms with Crippen LogP contribution in [0, 0.1) is 6.92 Å². The molecule has 3 aromatic heterocycles. The van der Waals surface area contributed by atoms with Gasteiger partial charge >= 0.3 is 5.97 Å². The predicted octanol–water partition coefficient (Wildman–Crippen LogP) is 6.22. The summed E-state index contributed by atoms with van der Waals surface area (Å²) in [5, 5.41) is 6.06. The number of thiophene rings is 2. The van der Waals surface area contributed by atoms with Crippen LogP contribution in [0.2, 0.25) is 0 Å². The van der Waals surface area contributed by atoms with Gasteiger partial charge in [-0.05, 0) is 57.2 Å². The van der Waals surface area contributed by atoms with Crippen molar-refractivity contribution < 1.29 is 14.3 Å². The van der Waals surface area contributed by atoms with Gasteiger partial charge in [0.05, 0.1) is 11.8 Å². The van der Waals surface area contributed by atoms with E-state index in [-0.39, 0.29) is 12.0 Å². The summed E-state index contributed by atoms with van der Waals surface area (Å²) < 4.78 is 5.51. The highest BCUT2D eigenvalue weighted by molar-refractivity contribution is 7.21. The summed E-state index contributed by atoms with van der Waals surface area (Å²) >= 11 is 2.59. The molecule has 5 rings (SSSR count). The van der Waals surface area contributed by atoms with Crippen LogP contribution in [0.3, 0.4) is 0 Å². The highest BCUT2D eigenvalue weighted by atomic mass is 32.1. The van der Waals surface area contributed by atoms with E-state index in [0.717, 1.165) is 51.9 Å². The summed E-state index contributed by atoms with van der Waals surface area (Å²) in [5.74, 6) is -0.818. The number of hydrogen-bond acceptors (Lipinski definition) is 7. The molecule has 0 bridgehead atoms. The number of nitrogens with one attached hydrogen (secondary N) is 1. The number of pyridine rings is 1. The number of esters is 1. The lowest BCUT2D eigenvalue weighted by Crippen LogP contribution is -2.16. The fourth-order valence-electron chi connectivity index (χ4n) is 4.20. The molecule has 174 valence electrons. The molecule has 3 N–H and O–H groups in total. The summed E-state index contributed by atoms with van der Waals surface area (Å²) in [6, 6.07) is 9.98. The SMILES string of the molecule is Cc1ccc(-c2csc(NC(=O)c3sc4nc5c(cc4c3N)CCC5)c2C(=O)OC(C)C)cc1. The van der Waals surface area contributed by atoms with Crippen molar-refractivity contribution in [2.24, 2.45) is 0 Å². The fourth-order valence-corrected chi connectivity index (χ4v) is 6.14. The molecule has 34 heavy (non-hydrogen) atoms. The number of rotatable bonds is 5. The molecular formula is C26H25N3O3S2. The molecule has 1 aliphatic rings. The van der Waals surface area contributed by atoms with Crippen molar-refractivity contribution in [1.29, 1.82) is 0 Å². The van der Waals surface area contributed by atoms with E-state index < -0.39 is 5.97 Å². The Bertz CT molecular complexity index is 1420. The number of ether oxygens (including phenoxy) is 1. The Morgan fingerprint density at radius 3 is 2.68 bits per heavy atom. The summed E-state index contributed by atoms with van der Waals surface area (Å²) in [5.41, 5.74) is 12.2. The smallest absolute Gasteiger partial charge is 0.342 e. The van der Waals surface area contributed by atoms with Gasteiger partial charge in [0.15, 0.2) is 0 Å². The van der Waals surface area contributed by atoms with Crippen LogP contribution in [0.5, 0.6) is 0 Å². The standard InChI is InChI=1S/C26H25N3O3S2/c1-13(2)32-26(31)20-18(15-9-7-14(3)8-10-15)12-33-25(20)29-23(30)22-21(27)17-11-16-5-4-6-19(16)28-24(17)34-22/h7-13H,4-6,27H2,1-3H3,(H,29,30). The number of nitrogens with zero attached hydrogens (tertiary/aromatic N) is 1. The van der Waals surface area contributed by atoms with Crippen molar-refractivity contribution in [3.05, 3.63) is 63.0 Å². The van der Waals surface area contributed by atoms with Gasteiger partial charge in [0.25, 0.3) is 5.91 Å². The highest BCUT2D eigenvalue weighted by Gasteiger charge is 2.26. The first-order valence-electron chi connectivity index (χ1n) is 11.2. The van der Waals surface area contributed by atoms with Gasteiger partial charge in [-0.25, -0.2) is 9.78 Å². The number of carbonyl (C=O) groups is 2. The second-order valence-corrected chi connectivity index (χ2v) is 10.7. The lowest BCUT2D eigenvalue weighted by atomic mass is 10.0. The van der Waals surface area contributed by atoms with Crippen LogP contribution in [-0.4, -0.2) is 23.0 Å². The van der Waals surface area contributed by atoms with Crippen LogP contribution in [0.1, 0.15) is 57.1 Å². The Kier molecular flexibility index (Phi) is 5.87. The third-order valence-corrected chi connectivity index (χ3v) is 7.89. The van der Waals surface area contributed by atoms with Crippen molar-refractivity contribution in [2.45, 2.75) is 46.1 Å². The fraction of sp³-hybridized carbons (Fsp3) is 0.269. The van der Waals surface area contributed by atoms with Crippen LogP contribution in [0.25, 0.3) is 21.3 Å². The molecule has 1 aromatic carbocycles. The van der Waals surface area contributed by atoms with Gasteiger partial charge in [-0.15, -0.1) is 22.7 Å². The normalized spacial score (nSPS) is 12.8. The van der Waals surface area contributed by atoms with Gasteiger partial charge in [-0.2, -0.15) is 0 Å². The Labute approximate surface area is 205 Å². The first kappa shape index (κ1) is 22.6. The zero-order valence-electron chi connectivity index (χ0n) is 19.2. The number of aryl methyl sites for hydroxylation is 3. The van der Waals surface area contributed by atoms with E-state index >= 15 is 0 Å². The average Bonchev–Trinajstić information content (AvgIpc) is 3.50. The van der Waals surface area contributed by atoms with Gasteiger partial charge in [0.1, 0.15) is 20.3 Å². The molecule has 0 atom stereocenters. The second-order valence-electron chi connectivity index (χ2n) is 8.77. The predicted molar refractivity (Wildman–Crippen MR) is 139 cm³/mol. The summed E-state index contributed by atoms with van der Waals surface area (Å²) in [6.45, 7) is 5.61. The van der Waals surface area contributed by atoms with E-state index in [0.29, 0.717) is 21.1 Å². The van der Waals surface area contributed by atoms with E-state index in [1.165, 1.54) is 28.2 Å². The summed E-state index contributed by atoms with van der Waals surface area (Å²) in [6.07, 6.45) is 2.77. The number of benzene rings is 1. The second kappa shape index (κ2) is 8.85. The quantitative estimate of drug-likeness (QED) is 0.323. The number of aromatic nitrogens is 1. The molecular weight excluding hydrogens is 466 g/mol. The Hall–Kier alpha value is -3.23. The van der Waals surface area contributed by atoms with Crippen LogP contribution in [0.4, 0.5) is 10.7 Å². The summed E-state index contributed by atoms with van der Waals surface area (Å²) in [7, 11) is 0. The lowest BCUT2D eigenvalue weighted by Gasteiger charge is -2.12. The van der Waals surface area contributed by atoms with Crippen molar-refractivity contribution in [2.75, 3.05) is 11.1 Å². The molecule has 1 aliphatic carbocycles. The first-order valence-corrected chi connectivity index (χ1v) is 12.9. The van der Waals surface area contributed by atoms with Crippen molar-refractivity contribution in [3.63, 3.8) is 0 Å². The van der Waals surface area contributed by atoms with Crippen LogP contribution in [-0.2, 0) is 17.6 Å². The monoisotopic (exact) mass is 491 g/mol. The molecule has 0 saturated heterocycles. The molecule has 8 heteroatoms. The van der Waals surface area contributed by atoms with E-state index in [4.69, 9.17) is 15.5 Å². The maximum absolute atomic E-state index is 13.3. The van der Waals surface area contributed by atoms with Crippen LogP contribution in [0.15, 0.2) is 35.7 Å². The van der Waals surface area contributed by atoms with Gasteiger partial charge in [-0.3, -0.25) is 4.79 Å². The summed E-state index contributed by atoms with van der Waals surface area (Å²) in [4.78, 5) is 32.2. The van der Waals surface area contributed by atoms with Crippen LogP contribution >= 0.6 is 22.7 Å². The molecule has 6 nitrogen and oxygen atoms in total. The Morgan fingerprint density at radius 1 is 1.18 bits per heavy atom. The van der Waals surface area contributed by atoms with E-state index in [1.54, 1.807) is 13.8 Å². The van der Waals surface area contributed by atoms with Crippen molar-refractivity contribution in [1.82, 2.24) is 4.98 Å². The molecule has 0 aliphatic heterocycles. The van der Waals surface area contributed by atoms with Gasteiger partial charge in [0, 0.05) is 22.0 Å². The largest absolute Gasteiger partial charge is 0.459 e. The third kappa shape index (κ3) is 4.08.